The number of hydrogen-bond donors (Lipinski definition) is 1. The van der Waals surface area contributed by atoms with E-state index in [1.54, 1.807) is 16.8 Å². The molecular weight excluding hydrogens is 379 g/mol. The molecule has 5 rings (SSSR count). The number of fused-ring (bicyclic) bond motifs is 1. The van der Waals surface area contributed by atoms with Crippen molar-refractivity contribution in [1.29, 1.82) is 0 Å². The topological polar surface area (TPSA) is 59.8 Å². The van der Waals surface area contributed by atoms with E-state index in [4.69, 9.17) is 0 Å². The first-order valence-corrected chi connectivity index (χ1v) is 9.50. The fraction of sp³-hybridized carbons (Fsp3) is 0.0417. The first-order chi connectivity index (χ1) is 14.6. The molecule has 1 amide bonds. The van der Waals surface area contributed by atoms with Crippen molar-refractivity contribution in [2.24, 2.45) is 0 Å². The van der Waals surface area contributed by atoms with Crippen molar-refractivity contribution in [3.8, 4) is 16.9 Å². The van der Waals surface area contributed by atoms with Crippen molar-refractivity contribution in [2.75, 3.05) is 5.32 Å². The molecule has 2 heterocycles. The van der Waals surface area contributed by atoms with Gasteiger partial charge in [0.2, 0.25) is 0 Å². The Morgan fingerprint density at radius 3 is 2.53 bits per heavy atom. The zero-order valence-electron chi connectivity index (χ0n) is 16.1. The largest absolute Gasteiger partial charge is 0.321 e. The van der Waals surface area contributed by atoms with Crippen LogP contribution >= 0.6 is 0 Å². The summed E-state index contributed by atoms with van der Waals surface area (Å²) in [5.41, 5.74) is 6.28. The third-order valence-electron chi connectivity index (χ3n) is 5.07. The quantitative estimate of drug-likeness (QED) is 0.503. The molecule has 1 aliphatic heterocycles. The summed E-state index contributed by atoms with van der Waals surface area (Å²) in [6.45, 7) is 2.04. The van der Waals surface area contributed by atoms with Crippen LogP contribution in [0.1, 0.15) is 16.7 Å². The van der Waals surface area contributed by atoms with Crippen LogP contribution < -0.4 is 5.32 Å². The second-order valence-corrected chi connectivity index (χ2v) is 7.21. The Kier molecular flexibility index (Phi) is 4.25. The van der Waals surface area contributed by atoms with Gasteiger partial charge in [0.15, 0.2) is 0 Å². The lowest BCUT2D eigenvalue weighted by Gasteiger charge is -2.01. The normalized spacial score (nSPS) is 14.1. The van der Waals surface area contributed by atoms with Gasteiger partial charge >= 0.3 is 0 Å². The van der Waals surface area contributed by atoms with Crippen LogP contribution in [0.25, 0.3) is 28.6 Å². The highest BCUT2D eigenvalue weighted by molar-refractivity contribution is 6.34. The fourth-order valence-corrected chi connectivity index (χ4v) is 3.44. The minimum Gasteiger partial charge on any atom is -0.321 e. The van der Waals surface area contributed by atoms with Crippen molar-refractivity contribution in [3.05, 3.63) is 95.4 Å². The number of carbonyl (C=O) groups excluding carboxylic acids is 1. The van der Waals surface area contributed by atoms with Gasteiger partial charge in [-0.25, -0.2) is 9.07 Å². The van der Waals surface area contributed by atoms with E-state index in [-0.39, 0.29) is 11.7 Å². The van der Waals surface area contributed by atoms with Crippen molar-refractivity contribution in [1.82, 2.24) is 15.0 Å². The molecule has 0 unspecified atom stereocenters. The van der Waals surface area contributed by atoms with Crippen LogP contribution in [0.3, 0.4) is 0 Å². The second kappa shape index (κ2) is 7.08. The standard InChI is InChI=1S/C24H17FN4O/c1-15-2-9-19(10-3-15)29-14-23(27-28-29)17-6-4-16(5-7-17)12-21-20-13-18(25)8-11-22(20)26-24(21)30/h2-14H,1H3,(H,26,30). The molecule has 0 bridgehead atoms. The highest BCUT2D eigenvalue weighted by atomic mass is 19.1. The van der Waals surface area contributed by atoms with E-state index < -0.39 is 0 Å². The van der Waals surface area contributed by atoms with E-state index in [9.17, 15) is 9.18 Å². The number of aromatic nitrogens is 3. The van der Waals surface area contributed by atoms with Crippen LogP contribution in [0.2, 0.25) is 0 Å². The summed E-state index contributed by atoms with van der Waals surface area (Å²) in [6, 6.07) is 20.0. The highest BCUT2D eigenvalue weighted by Crippen LogP contribution is 2.33. The number of nitrogens with zero attached hydrogens (tertiary/aromatic N) is 3. The molecule has 0 radical (unpaired) electrons. The van der Waals surface area contributed by atoms with Gasteiger partial charge in [-0.15, -0.1) is 5.10 Å². The Labute approximate surface area is 172 Å². The van der Waals surface area contributed by atoms with Crippen LogP contribution in [0.15, 0.2) is 72.9 Å². The monoisotopic (exact) mass is 396 g/mol. The number of aryl methyl sites for hydroxylation is 1. The maximum Gasteiger partial charge on any atom is 0.256 e. The molecule has 0 fully saturated rings. The van der Waals surface area contributed by atoms with Crippen LogP contribution in [-0.2, 0) is 4.79 Å². The minimum atomic E-state index is -0.372. The van der Waals surface area contributed by atoms with Crippen molar-refractivity contribution < 1.29 is 9.18 Å². The van der Waals surface area contributed by atoms with E-state index in [2.05, 4.69) is 15.6 Å². The van der Waals surface area contributed by atoms with E-state index in [1.807, 2.05) is 61.7 Å². The summed E-state index contributed by atoms with van der Waals surface area (Å²) in [6.07, 6.45) is 3.63. The van der Waals surface area contributed by atoms with Gasteiger partial charge in [-0.3, -0.25) is 4.79 Å². The lowest BCUT2D eigenvalue weighted by Crippen LogP contribution is -2.03. The third kappa shape index (κ3) is 3.28. The maximum absolute atomic E-state index is 13.6. The van der Waals surface area contributed by atoms with Gasteiger partial charge in [-0.2, -0.15) is 0 Å². The minimum absolute atomic E-state index is 0.235. The predicted molar refractivity (Wildman–Crippen MR) is 114 cm³/mol. The first-order valence-electron chi connectivity index (χ1n) is 9.50. The fourth-order valence-electron chi connectivity index (χ4n) is 3.44. The Hall–Kier alpha value is -4.06. The average Bonchev–Trinajstić information content (AvgIpc) is 3.35. The molecule has 0 spiro atoms. The summed E-state index contributed by atoms with van der Waals surface area (Å²) in [5, 5.41) is 11.2. The van der Waals surface area contributed by atoms with Gasteiger partial charge in [0.25, 0.3) is 5.91 Å². The van der Waals surface area contributed by atoms with Crippen molar-refractivity contribution in [3.63, 3.8) is 0 Å². The van der Waals surface area contributed by atoms with Gasteiger partial charge in [-0.05, 0) is 48.9 Å². The Morgan fingerprint density at radius 1 is 1.00 bits per heavy atom. The number of nitrogens with one attached hydrogen (secondary N) is 1. The summed E-state index contributed by atoms with van der Waals surface area (Å²) in [5.74, 6) is -0.608. The number of halogens is 1. The van der Waals surface area contributed by atoms with E-state index in [1.165, 1.54) is 17.7 Å². The summed E-state index contributed by atoms with van der Waals surface area (Å²) in [7, 11) is 0. The molecule has 30 heavy (non-hydrogen) atoms. The first kappa shape index (κ1) is 18.0. The second-order valence-electron chi connectivity index (χ2n) is 7.21. The molecule has 0 aliphatic carbocycles. The third-order valence-corrected chi connectivity index (χ3v) is 5.07. The van der Waals surface area contributed by atoms with Crippen molar-refractivity contribution in [2.45, 2.75) is 6.92 Å². The molecule has 3 aromatic carbocycles. The smallest absolute Gasteiger partial charge is 0.256 e. The lowest BCUT2D eigenvalue weighted by molar-refractivity contribution is -0.110. The number of carbonyl (C=O) groups is 1. The Bertz CT molecular complexity index is 1290. The number of benzene rings is 3. The number of rotatable bonds is 3. The van der Waals surface area contributed by atoms with Crippen LogP contribution in [0, 0.1) is 12.7 Å². The lowest BCUT2D eigenvalue weighted by atomic mass is 10.0. The molecule has 4 aromatic rings. The summed E-state index contributed by atoms with van der Waals surface area (Å²) in [4.78, 5) is 12.3. The van der Waals surface area contributed by atoms with Gasteiger partial charge in [0.1, 0.15) is 11.5 Å². The van der Waals surface area contributed by atoms with Gasteiger partial charge in [0, 0.05) is 22.4 Å². The Morgan fingerprint density at radius 2 is 1.77 bits per heavy atom. The van der Waals surface area contributed by atoms with Crippen LogP contribution in [-0.4, -0.2) is 20.9 Å². The molecule has 1 N–H and O–H groups in total. The number of anilines is 1. The maximum atomic E-state index is 13.6. The van der Waals surface area contributed by atoms with Gasteiger partial charge in [0.05, 0.1) is 11.9 Å². The van der Waals surface area contributed by atoms with E-state index >= 15 is 0 Å². The zero-order chi connectivity index (χ0) is 20.7. The average molecular weight is 396 g/mol. The molecule has 6 heteroatoms. The summed E-state index contributed by atoms with van der Waals surface area (Å²) < 4.78 is 15.3. The molecule has 0 saturated carbocycles. The number of hydrogen-bond acceptors (Lipinski definition) is 3. The predicted octanol–water partition coefficient (Wildman–Crippen LogP) is 4.87. The van der Waals surface area contributed by atoms with Crippen LogP contribution in [0.4, 0.5) is 10.1 Å². The number of amides is 1. The van der Waals surface area contributed by atoms with Crippen molar-refractivity contribution >= 4 is 23.2 Å². The SMILES string of the molecule is Cc1ccc(-n2cc(-c3ccc(C=C4C(=O)Nc5ccc(F)cc54)cc3)nn2)cc1. The van der Waals surface area contributed by atoms with Gasteiger partial charge in [-0.1, -0.05) is 47.2 Å². The molecule has 0 saturated heterocycles. The molecular formula is C24H17FN4O. The zero-order valence-corrected chi connectivity index (χ0v) is 16.1. The van der Waals surface area contributed by atoms with Gasteiger partial charge < -0.3 is 5.32 Å². The molecule has 5 nitrogen and oxygen atoms in total. The molecule has 146 valence electrons. The van der Waals surface area contributed by atoms with Crippen LogP contribution in [0.5, 0.6) is 0 Å². The molecule has 1 aliphatic rings. The Balaban J connectivity index is 1.42. The molecule has 0 atom stereocenters. The van der Waals surface area contributed by atoms with E-state index in [0.717, 1.165) is 22.5 Å². The molecule has 1 aromatic heterocycles. The summed E-state index contributed by atoms with van der Waals surface area (Å²) >= 11 is 0. The van der Waals surface area contributed by atoms with E-state index in [0.29, 0.717) is 16.8 Å². The highest BCUT2D eigenvalue weighted by Gasteiger charge is 2.24.